The third-order valence-corrected chi connectivity index (χ3v) is 5.21. The van der Waals surface area contributed by atoms with E-state index in [9.17, 15) is 9.59 Å². The Balaban J connectivity index is 1.78. The van der Waals surface area contributed by atoms with E-state index in [0.29, 0.717) is 34.4 Å². The van der Waals surface area contributed by atoms with E-state index in [1.165, 1.54) is 11.3 Å². The lowest BCUT2D eigenvalue weighted by Gasteiger charge is -2.06. The number of fused-ring (bicyclic) bond motifs is 1. The standard InChI is InChI=1S/C15H15N3O2S2/c1-8(2)21-15-18-17-14(22-15)16-13(20)11-5-3-4-10-9(11)6-7-12(10)19/h3-5,8H,6-7H2,1-2H3,(H,16,17,20). The summed E-state index contributed by atoms with van der Waals surface area (Å²) in [6.45, 7) is 4.16. The highest BCUT2D eigenvalue weighted by molar-refractivity contribution is 8.01. The summed E-state index contributed by atoms with van der Waals surface area (Å²) in [6.07, 6.45) is 1.11. The molecule has 1 aliphatic rings. The number of carbonyl (C=O) groups is 2. The molecule has 3 rings (SSSR count). The lowest BCUT2D eigenvalue weighted by molar-refractivity contribution is 0.0993. The van der Waals surface area contributed by atoms with Crippen LogP contribution in [0.2, 0.25) is 0 Å². The molecule has 1 aliphatic carbocycles. The average Bonchev–Trinajstić information content (AvgIpc) is 3.05. The van der Waals surface area contributed by atoms with E-state index in [4.69, 9.17) is 0 Å². The molecule has 0 saturated carbocycles. The molecule has 1 heterocycles. The zero-order valence-electron chi connectivity index (χ0n) is 12.3. The fourth-order valence-corrected chi connectivity index (χ4v) is 4.35. The Morgan fingerprint density at radius 3 is 2.91 bits per heavy atom. The second-order valence-corrected chi connectivity index (χ2v) is 8.05. The number of amides is 1. The van der Waals surface area contributed by atoms with Crippen LogP contribution >= 0.6 is 23.1 Å². The van der Waals surface area contributed by atoms with Crippen molar-refractivity contribution in [1.29, 1.82) is 0 Å². The van der Waals surface area contributed by atoms with Crippen LogP contribution in [-0.2, 0) is 6.42 Å². The monoisotopic (exact) mass is 333 g/mol. The van der Waals surface area contributed by atoms with Gasteiger partial charge in [0.15, 0.2) is 10.1 Å². The van der Waals surface area contributed by atoms with Crippen LogP contribution < -0.4 is 5.32 Å². The Hall–Kier alpha value is -1.73. The quantitative estimate of drug-likeness (QED) is 0.685. The molecule has 5 nitrogen and oxygen atoms in total. The van der Waals surface area contributed by atoms with E-state index >= 15 is 0 Å². The van der Waals surface area contributed by atoms with Gasteiger partial charge in [-0.3, -0.25) is 14.9 Å². The number of benzene rings is 1. The van der Waals surface area contributed by atoms with Gasteiger partial charge >= 0.3 is 0 Å². The second-order valence-electron chi connectivity index (χ2n) is 5.25. The molecule has 22 heavy (non-hydrogen) atoms. The molecule has 0 unspecified atom stereocenters. The summed E-state index contributed by atoms with van der Waals surface area (Å²) in [5.74, 6) is -0.125. The van der Waals surface area contributed by atoms with Gasteiger partial charge in [-0.2, -0.15) is 0 Å². The van der Waals surface area contributed by atoms with Crippen molar-refractivity contribution in [3.63, 3.8) is 0 Å². The van der Waals surface area contributed by atoms with Gasteiger partial charge in [-0.05, 0) is 18.1 Å². The maximum Gasteiger partial charge on any atom is 0.257 e. The van der Waals surface area contributed by atoms with Crippen LogP contribution in [0.5, 0.6) is 0 Å². The van der Waals surface area contributed by atoms with Gasteiger partial charge < -0.3 is 0 Å². The van der Waals surface area contributed by atoms with Crippen molar-refractivity contribution in [2.75, 3.05) is 5.32 Å². The van der Waals surface area contributed by atoms with Crippen LogP contribution in [0.3, 0.4) is 0 Å². The Kier molecular flexibility index (Phi) is 4.26. The number of hydrogen-bond acceptors (Lipinski definition) is 6. The van der Waals surface area contributed by atoms with Gasteiger partial charge in [0.25, 0.3) is 5.91 Å². The molecule has 0 saturated heterocycles. The smallest absolute Gasteiger partial charge is 0.257 e. The topological polar surface area (TPSA) is 72.0 Å². The van der Waals surface area contributed by atoms with Crippen molar-refractivity contribution in [1.82, 2.24) is 10.2 Å². The van der Waals surface area contributed by atoms with Crippen LogP contribution in [-0.4, -0.2) is 27.1 Å². The number of hydrogen-bond donors (Lipinski definition) is 1. The van der Waals surface area contributed by atoms with Crippen molar-refractivity contribution >= 4 is 39.9 Å². The van der Waals surface area contributed by atoms with Crippen molar-refractivity contribution in [2.45, 2.75) is 36.3 Å². The molecular weight excluding hydrogens is 318 g/mol. The summed E-state index contributed by atoms with van der Waals surface area (Å²) < 4.78 is 0.832. The fourth-order valence-electron chi connectivity index (χ4n) is 2.38. The predicted molar refractivity (Wildman–Crippen MR) is 87.9 cm³/mol. The number of ketones is 1. The van der Waals surface area contributed by atoms with Crippen molar-refractivity contribution in [3.8, 4) is 0 Å². The number of anilines is 1. The molecule has 2 aromatic rings. The summed E-state index contributed by atoms with van der Waals surface area (Å²) in [7, 11) is 0. The molecule has 1 amide bonds. The summed E-state index contributed by atoms with van der Waals surface area (Å²) >= 11 is 2.97. The number of rotatable bonds is 4. The molecule has 0 fully saturated rings. The fraction of sp³-hybridized carbons (Fsp3) is 0.333. The highest BCUT2D eigenvalue weighted by Gasteiger charge is 2.24. The normalized spacial score (nSPS) is 13.5. The minimum atomic E-state index is -0.233. The average molecular weight is 333 g/mol. The van der Waals surface area contributed by atoms with Gasteiger partial charge in [-0.15, -0.1) is 10.2 Å². The maximum atomic E-state index is 12.4. The minimum absolute atomic E-state index is 0.108. The second kappa shape index (κ2) is 6.18. The predicted octanol–water partition coefficient (Wildman–Crippen LogP) is 3.42. The van der Waals surface area contributed by atoms with Crippen molar-refractivity contribution in [3.05, 3.63) is 34.9 Å². The zero-order valence-corrected chi connectivity index (χ0v) is 13.9. The van der Waals surface area contributed by atoms with Crippen LogP contribution in [0.1, 0.15) is 46.5 Å². The Morgan fingerprint density at radius 1 is 1.32 bits per heavy atom. The molecule has 0 bridgehead atoms. The lowest BCUT2D eigenvalue weighted by atomic mass is 10.0. The van der Waals surface area contributed by atoms with Crippen molar-refractivity contribution < 1.29 is 9.59 Å². The molecule has 0 aliphatic heterocycles. The highest BCUT2D eigenvalue weighted by Crippen LogP contribution is 2.30. The van der Waals surface area contributed by atoms with E-state index in [1.54, 1.807) is 30.0 Å². The Bertz CT molecular complexity index is 740. The number of carbonyl (C=O) groups excluding carboxylic acids is 2. The first kappa shape index (κ1) is 15.2. The maximum absolute atomic E-state index is 12.4. The molecule has 0 radical (unpaired) electrons. The first-order valence-corrected chi connectivity index (χ1v) is 8.71. The third-order valence-electron chi connectivity index (χ3n) is 3.29. The summed E-state index contributed by atoms with van der Waals surface area (Å²) in [6, 6.07) is 5.28. The Morgan fingerprint density at radius 2 is 2.14 bits per heavy atom. The molecule has 7 heteroatoms. The molecule has 1 aromatic heterocycles. The first-order chi connectivity index (χ1) is 10.5. The minimum Gasteiger partial charge on any atom is -0.296 e. The zero-order chi connectivity index (χ0) is 15.7. The van der Waals surface area contributed by atoms with E-state index in [2.05, 4.69) is 29.4 Å². The number of Topliss-reactive ketones (excluding diaryl/α,β-unsaturated/α-hetero) is 1. The van der Waals surface area contributed by atoms with Gasteiger partial charge in [0, 0.05) is 22.8 Å². The summed E-state index contributed by atoms with van der Waals surface area (Å²) in [4.78, 5) is 24.2. The third kappa shape index (κ3) is 3.05. The largest absolute Gasteiger partial charge is 0.296 e. The van der Waals surface area contributed by atoms with E-state index in [0.717, 1.165) is 9.90 Å². The van der Waals surface area contributed by atoms with Crippen LogP contribution in [0, 0.1) is 0 Å². The van der Waals surface area contributed by atoms with Gasteiger partial charge in [0.05, 0.1) is 0 Å². The highest BCUT2D eigenvalue weighted by atomic mass is 32.2. The molecule has 1 N–H and O–H groups in total. The van der Waals surface area contributed by atoms with Gasteiger partial charge in [-0.25, -0.2) is 0 Å². The van der Waals surface area contributed by atoms with E-state index in [1.807, 2.05) is 0 Å². The van der Waals surface area contributed by atoms with Crippen molar-refractivity contribution in [2.24, 2.45) is 0 Å². The van der Waals surface area contributed by atoms with E-state index < -0.39 is 0 Å². The first-order valence-electron chi connectivity index (χ1n) is 7.01. The van der Waals surface area contributed by atoms with E-state index in [-0.39, 0.29) is 11.7 Å². The lowest BCUT2D eigenvalue weighted by Crippen LogP contribution is -2.14. The number of aromatic nitrogens is 2. The summed E-state index contributed by atoms with van der Waals surface area (Å²) in [5, 5.41) is 11.7. The molecule has 1 aromatic carbocycles. The van der Waals surface area contributed by atoms with Crippen LogP contribution in [0.4, 0.5) is 5.13 Å². The number of nitrogens with zero attached hydrogens (tertiary/aromatic N) is 2. The number of thioether (sulfide) groups is 1. The van der Waals surface area contributed by atoms with Gasteiger partial charge in [-0.1, -0.05) is 49.1 Å². The number of nitrogens with one attached hydrogen (secondary N) is 1. The van der Waals surface area contributed by atoms with Crippen LogP contribution in [0.25, 0.3) is 0 Å². The SMILES string of the molecule is CC(C)Sc1nnc(NC(=O)c2cccc3c2CCC3=O)s1. The van der Waals surface area contributed by atoms with Gasteiger partial charge in [0.2, 0.25) is 5.13 Å². The molecular formula is C15H15N3O2S2. The molecule has 0 atom stereocenters. The molecule has 114 valence electrons. The molecule has 0 spiro atoms. The van der Waals surface area contributed by atoms with Gasteiger partial charge in [0.1, 0.15) is 0 Å². The summed E-state index contributed by atoms with van der Waals surface area (Å²) in [5.41, 5.74) is 2.06. The Labute approximate surface area is 136 Å². The van der Waals surface area contributed by atoms with Crippen LogP contribution in [0.15, 0.2) is 22.5 Å².